The molecule has 0 spiro atoms. The molecule has 0 radical (unpaired) electrons. The van der Waals surface area contributed by atoms with Gasteiger partial charge in [-0.3, -0.25) is 4.79 Å². The molecule has 4 rings (SSSR count). The predicted molar refractivity (Wildman–Crippen MR) is 110 cm³/mol. The molecule has 0 aliphatic carbocycles. The molecule has 2 aromatic carbocycles. The van der Waals surface area contributed by atoms with Crippen molar-refractivity contribution in [1.82, 2.24) is 25.1 Å². The second-order valence-electron chi connectivity index (χ2n) is 6.56. The maximum absolute atomic E-state index is 12.6. The van der Waals surface area contributed by atoms with E-state index in [1.54, 1.807) is 11.6 Å². The van der Waals surface area contributed by atoms with Crippen LogP contribution in [0.3, 0.4) is 0 Å². The highest BCUT2D eigenvalue weighted by Crippen LogP contribution is 2.23. The smallest absolute Gasteiger partial charge is 0.256 e. The van der Waals surface area contributed by atoms with Crippen LogP contribution < -0.4 is 5.32 Å². The Hall–Kier alpha value is -3.12. The zero-order chi connectivity index (χ0) is 19.5. The molecule has 2 N–H and O–H groups in total. The Morgan fingerprint density at radius 2 is 1.89 bits per heavy atom. The van der Waals surface area contributed by atoms with Crippen molar-refractivity contribution in [3.8, 4) is 5.69 Å². The number of halogens is 1. The van der Waals surface area contributed by atoms with Gasteiger partial charge in [0.15, 0.2) is 0 Å². The highest BCUT2D eigenvalue weighted by molar-refractivity contribution is 6.33. The van der Waals surface area contributed by atoms with Crippen LogP contribution in [0.5, 0.6) is 0 Å². The van der Waals surface area contributed by atoms with Crippen molar-refractivity contribution in [3.05, 3.63) is 76.8 Å². The number of benzene rings is 2. The maximum Gasteiger partial charge on any atom is 0.256 e. The quantitative estimate of drug-likeness (QED) is 0.485. The Kier molecular flexibility index (Phi) is 5.12. The summed E-state index contributed by atoms with van der Waals surface area (Å²) in [5.74, 6) is 0.704. The van der Waals surface area contributed by atoms with Gasteiger partial charge in [0.05, 0.1) is 28.0 Å². The van der Waals surface area contributed by atoms with E-state index in [0.717, 1.165) is 35.4 Å². The lowest BCUT2D eigenvalue weighted by Gasteiger charge is -2.05. The molecule has 142 valence electrons. The van der Waals surface area contributed by atoms with E-state index in [0.29, 0.717) is 23.0 Å². The molecule has 1 amide bonds. The van der Waals surface area contributed by atoms with Gasteiger partial charge in [-0.2, -0.15) is 5.10 Å². The van der Waals surface area contributed by atoms with Crippen molar-refractivity contribution in [2.24, 2.45) is 0 Å². The number of aromatic nitrogens is 4. The third-order valence-electron chi connectivity index (χ3n) is 4.55. The molecule has 28 heavy (non-hydrogen) atoms. The van der Waals surface area contributed by atoms with Gasteiger partial charge in [0, 0.05) is 13.0 Å². The second-order valence-corrected chi connectivity index (χ2v) is 6.92. The molecule has 0 bridgehead atoms. The number of nitrogens with zero attached hydrogens (tertiary/aromatic N) is 3. The van der Waals surface area contributed by atoms with Crippen LogP contribution in [-0.2, 0) is 6.42 Å². The van der Waals surface area contributed by atoms with E-state index in [1.807, 2.05) is 54.6 Å². The van der Waals surface area contributed by atoms with Gasteiger partial charge in [-0.25, -0.2) is 9.67 Å². The first kappa shape index (κ1) is 18.3. The lowest BCUT2D eigenvalue weighted by molar-refractivity contribution is 0.0952. The van der Waals surface area contributed by atoms with Crippen molar-refractivity contribution in [1.29, 1.82) is 0 Å². The van der Waals surface area contributed by atoms with Crippen molar-refractivity contribution in [3.63, 3.8) is 0 Å². The molecule has 4 aromatic rings. The molecule has 0 aliphatic rings. The fourth-order valence-electron chi connectivity index (χ4n) is 3.17. The fraction of sp³-hybridized carbons (Fsp3) is 0.190. The van der Waals surface area contributed by atoms with E-state index < -0.39 is 0 Å². The minimum Gasteiger partial charge on any atom is -0.352 e. The van der Waals surface area contributed by atoms with E-state index in [4.69, 9.17) is 11.6 Å². The summed E-state index contributed by atoms with van der Waals surface area (Å²) in [7, 11) is 0. The van der Waals surface area contributed by atoms with E-state index in [9.17, 15) is 4.79 Å². The predicted octanol–water partition coefficient (Wildman–Crippen LogP) is 4.07. The average Bonchev–Trinajstić information content (AvgIpc) is 3.25. The van der Waals surface area contributed by atoms with Crippen LogP contribution in [0.15, 0.2) is 54.6 Å². The number of para-hydroxylation sites is 3. The third kappa shape index (κ3) is 3.64. The van der Waals surface area contributed by atoms with Gasteiger partial charge >= 0.3 is 0 Å². The van der Waals surface area contributed by atoms with E-state index >= 15 is 0 Å². The summed E-state index contributed by atoms with van der Waals surface area (Å²) >= 11 is 6.44. The summed E-state index contributed by atoms with van der Waals surface area (Å²) in [6.45, 7) is 2.32. The molecule has 2 aromatic heterocycles. The topological polar surface area (TPSA) is 75.6 Å². The summed E-state index contributed by atoms with van der Waals surface area (Å²) in [6, 6.07) is 17.4. The van der Waals surface area contributed by atoms with Crippen LogP contribution in [0.2, 0.25) is 5.15 Å². The van der Waals surface area contributed by atoms with Crippen LogP contribution in [0, 0.1) is 6.92 Å². The first-order chi connectivity index (χ1) is 13.6. The Bertz CT molecular complexity index is 1080. The van der Waals surface area contributed by atoms with E-state index in [-0.39, 0.29) is 5.91 Å². The lowest BCUT2D eigenvalue weighted by Crippen LogP contribution is -2.25. The monoisotopic (exact) mass is 393 g/mol. The number of carbonyl (C=O) groups excluding carboxylic acids is 1. The molecule has 0 atom stereocenters. The van der Waals surface area contributed by atoms with Gasteiger partial charge in [0.1, 0.15) is 11.0 Å². The summed E-state index contributed by atoms with van der Waals surface area (Å²) < 4.78 is 1.58. The van der Waals surface area contributed by atoms with Gasteiger partial charge in [-0.1, -0.05) is 41.9 Å². The minimum atomic E-state index is -0.214. The summed E-state index contributed by atoms with van der Waals surface area (Å²) in [5.41, 5.74) is 3.81. The molecular formula is C21H20ClN5O. The van der Waals surface area contributed by atoms with Crippen molar-refractivity contribution in [2.45, 2.75) is 19.8 Å². The largest absolute Gasteiger partial charge is 0.352 e. The minimum absolute atomic E-state index is 0.214. The van der Waals surface area contributed by atoms with Gasteiger partial charge in [-0.05, 0) is 37.6 Å². The first-order valence-electron chi connectivity index (χ1n) is 9.16. The molecule has 0 aliphatic heterocycles. The van der Waals surface area contributed by atoms with Crippen molar-refractivity contribution in [2.75, 3.05) is 6.54 Å². The van der Waals surface area contributed by atoms with Gasteiger partial charge in [0.25, 0.3) is 5.91 Å². The molecule has 7 heteroatoms. The third-order valence-corrected chi connectivity index (χ3v) is 4.90. The van der Waals surface area contributed by atoms with Crippen molar-refractivity contribution < 1.29 is 4.79 Å². The molecule has 0 saturated carbocycles. The number of amides is 1. The summed E-state index contributed by atoms with van der Waals surface area (Å²) in [6.07, 6.45) is 1.53. The van der Waals surface area contributed by atoms with Crippen LogP contribution >= 0.6 is 11.6 Å². The number of hydrogen-bond acceptors (Lipinski definition) is 3. The Balaban J connectivity index is 1.38. The number of carbonyl (C=O) groups is 1. The Morgan fingerprint density at radius 3 is 2.68 bits per heavy atom. The molecule has 6 nitrogen and oxygen atoms in total. The van der Waals surface area contributed by atoms with Gasteiger partial charge in [0.2, 0.25) is 0 Å². The molecule has 0 saturated heterocycles. The highest BCUT2D eigenvalue weighted by Gasteiger charge is 2.20. The van der Waals surface area contributed by atoms with E-state index in [2.05, 4.69) is 20.4 Å². The van der Waals surface area contributed by atoms with E-state index in [1.165, 1.54) is 0 Å². The highest BCUT2D eigenvalue weighted by atomic mass is 35.5. The zero-order valence-electron chi connectivity index (χ0n) is 15.4. The molecule has 0 unspecified atom stereocenters. The lowest BCUT2D eigenvalue weighted by atomic mass is 10.2. The Labute approximate surface area is 167 Å². The number of H-pyrrole nitrogens is 1. The number of hydrogen-bond donors (Lipinski definition) is 2. The number of imidazole rings is 1. The number of rotatable bonds is 6. The summed E-state index contributed by atoms with van der Waals surface area (Å²) in [5, 5.41) is 7.66. The van der Waals surface area contributed by atoms with Crippen molar-refractivity contribution >= 4 is 28.5 Å². The first-order valence-corrected chi connectivity index (χ1v) is 9.53. The van der Waals surface area contributed by atoms with Crippen LogP contribution in [-0.4, -0.2) is 32.2 Å². The number of aryl methyl sites for hydroxylation is 2. The second kappa shape index (κ2) is 7.86. The van der Waals surface area contributed by atoms with Crippen LogP contribution in [0.1, 0.15) is 28.3 Å². The average molecular weight is 394 g/mol. The summed E-state index contributed by atoms with van der Waals surface area (Å²) in [4.78, 5) is 20.5. The maximum atomic E-state index is 12.6. The fourth-order valence-corrected chi connectivity index (χ4v) is 3.53. The normalized spacial score (nSPS) is 11.1. The molecule has 0 fully saturated rings. The van der Waals surface area contributed by atoms with Crippen LogP contribution in [0.25, 0.3) is 16.7 Å². The SMILES string of the molecule is Cc1nn(-c2ccccc2)c(Cl)c1C(=O)NCCCc1nc2ccccc2[nH]1. The standard InChI is InChI=1S/C21H20ClN5O/c1-14-19(20(22)27(26-14)15-8-3-2-4-9-15)21(28)23-13-7-12-18-24-16-10-5-6-11-17(16)25-18/h2-6,8-11H,7,12-13H2,1H3,(H,23,28)(H,24,25). The number of aromatic amines is 1. The molecular weight excluding hydrogens is 374 g/mol. The zero-order valence-corrected chi connectivity index (χ0v) is 16.2. The van der Waals surface area contributed by atoms with Crippen LogP contribution in [0.4, 0.5) is 0 Å². The Morgan fingerprint density at radius 1 is 1.14 bits per heavy atom. The van der Waals surface area contributed by atoms with Gasteiger partial charge in [-0.15, -0.1) is 0 Å². The van der Waals surface area contributed by atoms with Gasteiger partial charge < -0.3 is 10.3 Å². The molecule has 2 heterocycles. The number of nitrogens with one attached hydrogen (secondary N) is 2. The number of fused-ring (bicyclic) bond motifs is 1.